The van der Waals surface area contributed by atoms with Crippen molar-refractivity contribution in [1.29, 1.82) is 0 Å². The maximum absolute atomic E-state index is 11.1. The average Bonchev–Trinajstić information content (AvgIpc) is 2.67. The van der Waals surface area contributed by atoms with Crippen LogP contribution in [0, 0.1) is 0 Å². The Kier molecular flexibility index (Phi) is 2.87. The van der Waals surface area contributed by atoms with Crippen LogP contribution < -0.4 is 0 Å². The first-order valence-corrected chi connectivity index (χ1v) is 4.19. The zero-order valence-electron chi connectivity index (χ0n) is 7.50. The summed E-state index contributed by atoms with van der Waals surface area (Å²) < 4.78 is 9.86. The minimum absolute atomic E-state index is 0.0587. The van der Waals surface area contributed by atoms with Crippen molar-refractivity contribution in [3.05, 3.63) is 12.2 Å². The molecule has 1 heterocycles. The molecule has 12 heavy (non-hydrogen) atoms. The topological polar surface area (TPSA) is 38.8 Å². The second-order valence-corrected chi connectivity index (χ2v) is 2.97. The lowest BCUT2D eigenvalue weighted by atomic mass is 10.2. The molecular weight excluding hydrogens is 156 g/mol. The zero-order chi connectivity index (χ0) is 9.14. The number of ether oxygens (including phenoxy) is 2. The lowest BCUT2D eigenvalue weighted by molar-refractivity contribution is -0.143. The van der Waals surface area contributed by atoms with Crippen molar-refractivity contribution >= 4 is 5.97 Å². The van der Waals surface area contributed by atoms with E-state index in [1.165, 1.54) is 0 Å². The third-order valence-electron chi connectivity index (χ3n) is 1.72. The van der Waals surface area contributed by atoms with E-state index in [4.69, 9.17) is 9.47 Å². The van der Waals surface area contributed by atoms with E-state index in [2.05, 4.69) is 6.58 Å². The molecule has 2 unspecified atom stereocenters. The van der Waals surface area contributed by atoms with Crippen LogP contribution >= 0.6 is 0 Å². The van der Waals surface area contributed by atoms with Crippen LogP contribution in [0.4, 0.5) is 0 Å². The first-order chi connectivity index (χ1) is 5.65. The summed E-state index contributed by atoms with van der Waals surface area (Å²) >= 11 is 0. The Bertz CT molecular complexity index is 198. The minimum atomic E-state index is -0.328. The summed E-state index contributed by atoms with van der Waals surface area (Å²) in [5.41, 5.74) is 0.528. The van der Waals surface area contributed by atoms with Crippen molar-refractivity contribution in [2.75, 3.05) is 0 Å². The summed E-state index contributed by atoms with van der Waals surface area (Å²) in [6.45, 7) is 7.48. The molecule has 1 saturated heterocycles. The Morgan fingerprint density at radius 1 is 1.67 bits per heavy atom. The lowest BCUT2D eigenvalue weighted by Gasteiger charge is -2.02. The number of esters is 1. The Labute approximate surface area is 72.4 Å². The van der Waals surface area contributed by atoms with Crippen LogP contribution in [0.5, 0.6) is 0 Å². The van der Waals surface area contributed by atoms with Crippen LogP contribution in [0.3, 0.4) is 0 Å². The zero-order valence-corrected chi connectivity index (χ0v) is 7.50. The fraction of sp³-hybridized carbons (Fsp3) is 0.667. The molecule has 3 heteroatoms. The maximum Gasteiger partial charge on any atom is 0.335 e. The van der Waals surface area contributed by atoms with Crippen LogP contribution in [0.2, 0.25) is 0 Å². The quantitative estimate of drug-likeness (QED) is 0.365. The van der Waals surface area contributed by atoms with E-state index in [-0.39, 0.29) is 18.4 Å². The van der Waals surface area contributed by atoms with Gasteiger partial charge in [-0.2, -0.15) is 0 Å². The lowest BCUT2D eigenvalue weighted by Crippen LogP contribution is -2.10. The van der Waals surface area contributed by atoms with Gasteiger partial charge in [-0.25, -0.2) is 4.79 Å². The van der Waals surface area contributed by atoms with E-state index < -0.39 is 0 Å². The number of carbonyl (C=O) groups excluding carboxylic acids is 1. The number of hydrogen-bond acceptors (Lipinski definition) is 3. The number of epoxide rings is 1. The minimum Gasteiger partial charge on any atom is -0.429 e. The SMILES string of the molecule is C=C(CCC)C(=O)OC1OC1C. The van der Waals surface area contributed by atoms with Crippen LogP contribution in [-0.4, -0.2) is 18.4 Å². The van der Waals surface area contributed by atoms with Gasteiger partial charge >= 0.3 is 5.97 Å². The van der Waals surface area contributed by atoms with Gasteiger partial charge in [0.25, 0.3) is 0 Å². The second kappa shape index (κ2) is 3.72. The van der Waals surface area contributed by atoms with Gasteiger partial charge in [-0.05, 0) is 13.3 Å². The monoisotopic (exact) mass is 170 g/mol. The fourth-order valence-corrected chi connectivity index (χ4v) is 0.882. The van der Waals surface area contributed by atoms with E-state index in [0.29, 0.717) is 12.0 Å². The van der Waals surface area contributed by atoms with E-state index >= 15 is 0 Å². The van der Waals surface area contributed by atoms with Gasteiger partial charge in [0.05, 0.1) is 0 Å². The highest BCUT2D eigenvalue weighted by Gasteiger charge is 2.38. The Balaban J connectivity index is 2.23. The molecule has 1 fully saturated rings. The molecule has 0 amide bonds. The third kappa shape index (κ3) is 2.34. The second-order valence-electron chi connectivity index (χ2n) is 2.97. The largest absolute Gasteiger partial charge is 0.429 e. The first-order valence-electron chi connectivity index (χ1n) is 4.19. The summed E-state index contributed by atoms with van der Waals surface area (Å²) in [4.78, 5) is 11.1. The number of rotatable bonds is 4. The van der Waals surface area contributed by atoms with Gasteiger partial charge in [0.1, 0.15) is 6.10 Å². The molecule has 0 N–H and O–H groups in total. The standard InChI is InChI=1S/C9H14O3/c1-4-5-6(2)8(10)12-9-7(3)11-9/h7,9H,2,4-5H2,1,3H3. The predicted octanol–water partition coefficient (Wildman–Crippen LogP) is 1.63. The highest BCUT2D eigenvalue weighted by atomic mass is 16.8. The summed E-state index contributed by atoms with van der Waals surface area (Å²) in [6.07, 6.45) is 1.34. The Hall–Kier alpha value is -0.830. The molecule has 1 aliphatic heterocycles. The van der Waals surface area contributed by atoms with Gasteiger partial charge in [0, 0.05) is 5.57 Å². The molecule has 0 saturated carbocycles. The maximum atomic E-state index is 11.1. The van der Waals surface area contributed by atoms with Gasteiger partial charge in [-0.15, -0.1) is 0 Å². The third-order valence-corrected chi connectivity index (χ3v) is 1.72. The summed E-state index contributed by atoms with van der Waals surface area (Å²) in [6, 6.07) is 0. The van der Waals surface area contributed by atoms with Crippen molar-refractivity contribution in [3.63, 3.8) is 0 Å². The number of hydrogen-bond donors (Lipinski definition) is 0. The molecule has 3 nitrogen and oxygen atoms in total. The van der Waals surface area contributed by atoms with Gasteiger partial charge in [-0.1, -0.05) is 19.9 Å². The summed E-state index contributed by atoms with van der Waals surface area (Å²) in [5, 5.41) is 0. The fourth-order valence-electron chi connectivity index (χ4n) is 0.882. The molecule has 0 aromatic heterocycles. The molecule has 68 valence electrons. The van der Waals surface area contributed by atoms with Crippen molar-refractivity contribution in [1.82, 2.24) is 0 Å². The predicted molar refractivity (Wildman–Crippen MR) is 44.5 cm³/mol. The normalized spacial score (nSPS) is 26.5. The Morgan fingerprint density at radius 3 is 2.67 bits per heavy atom. The molecule has 0 spiro atoms. The highest BCUT2D eigenvalue weighted by Crippen LogP contribution is 2.23. The molecule has 0 aromatic rings. The summed E-state index contributed by atoms with van der Waals surface area (Å²) in [7, 11) is 0. The molecule has 0 radical (unpaired) electrons. The molecule has 0 aromatic carbocycles. The molecule has 0 aliphatic carbocycles. The van der Waals surface area contributed by atoms with E-state index in [1.54, 1.807) is 0 Å². The van der Waals surface area contributed by atoms with Gasteiger partial charge in [-0.3, -0.25) is 0 Å². The van der Waals surface area contributed by atoms with Gasteiger partial charge < -0.3 is 9.47 Å². The molecule has 1 rings (SSSR count). The smallest absolute Gasteiger partial charge is 0.335 e. The number of carbonyl (C=O) groups is 1. The van der Waals surface area contributed by atoms with Crippen LogP contribution in [0.1, 0.15) is 26.7 Å². The Morgan fingerprint density at radius 2 is 2.25 bits per heavy atom. The highest BCUT2D eigenvalue weighted by molar-refractivity contribution is 5.87. The van der Waals surface area contributed by atoms with Crippen molar-refractivity contribution in [2.45, 2.75) is 39.1 Å². The molecule has 0 bridgehead atoms. The van der Waals surface area contributed by atoms with Crippen LogP contribution in [0.15, 0.2) is 12.2 Å². The average molecular weight is 170 g/mol. The van der Waals surface area contributed by atoms with E-state index in [1.807, 2.05) is 13.8 Å². The van der Waals surface area contributed by atoms with Crippen molar-refractivity contribution in [2.24, 2.45) is 0 Å². The van der Waals surface area contributed by atoms with Crippen LogP contribution in [0.25, 0.3) is 0 Å². The molecule has 1 aliphatic rings. The van der Waals surface area contributed by atoms with Crippen molar-refractivity contribution < 1.29 is 14.3 Å². The van der Waals surface area contributed by atoms with E-state index in [0.717, 1.165) is 6.42 Å². The summed E-state index contributed by atoms with van der Waals surface area (Å²) in [5.74, 6) is -0.328. The van der Waals surface area contributed by atoms with Gasteiger partial charge in [0.15, 0.2) is 0 Å². The van der Waals surface area contributed by atoms with E-state index in [9.17, 15) is 4.79 Å². The van der Waals surface area contributed by atoms with Crippen molar-refractivity contribution in [3.8, 4) is 0 Å². The first kappa shape index (κ1) is 9.26. The van der Waals surface area contributed by atoms with Crippen LogP contribution in [-0.2, 0) is 14.3 Å². The van der Waals surface area contributed by atoms with Gasteiger partial charge in [0.2, 0.25) is 6.29 Å². The molecule has 2 atom stereocenters. The molecular formula is C9H14O3.